The van der Waals surface area contributed by atoms with Crippen LogP contribution in [0.15, 0.2) is 54.1 Å². The number of fused-ring (bicyclic) bond motifs is 1. The molecule has 3 aromatic rings. The molecular weight excluding hydrogens is 448 g/mol. The van der Waals surface area contributed by atoms with Gasteiger partial charge in [0.25, 0.3) is 0 Å². The third-order valence-electron chi connectivity index (χ3n) is 5.62. The van der Waals surface area contributed by atoms with Crippen LogP contribution in [0.4, 0.5) is 0 Å². The molecule has 0 N–H and O–H groups in total. The van der Waals surface area contributed by atoms with Crippen molar-refractivity contribution in [1.29, 1.82) is 5.26 Å². The lowest BCUT2D eigenvalue weighted by Gasteiger charge is -2.20. The lowest BCUT2D eigenvalue weighted by Crippen LogP contribution is -2.16. The zero-order chi connectivity index (χ0) is 24.9. The summed E-state index contributed by atoms with van der Waals surface area (Å²) in [5.41, 5.74) is 3.23. The van der Waals surface area contributed by atoms with Crippen LogP contribution in [0, 0.1) is 25.2 Å². The molecule has 8 nitrogen and oxygen atoms in total. The van der Waals surface area contributed by atoms with Crippen molar-refractivity contribution in [2.45, 2.75) is 13.8 Å². The first-order valence-electron chi connectivity index (χ1n) is 11.0. The smallest absolute Gasteiger partial charge is 0.349 e. The Bertz CT molecular complexity index is 1350. The van der Waals surface area contributed by atoms with Gasteiger partial charge in [-0.2, -0.15) is 5.26 Å². The molecule has 1 aliphatic rings. The fourth-order valence-electron chi connectivity index (χ4n) is 3.90. The zero-order valence-corrected chi connectivity index (χ0v) is 19.7. The summed E-state index contributed by atoms with van der Waals surface area (Å²) in [6, 6.07) is 16.0. The van der Waals surface area contributed by atoms with E-state index in [1.165, 1.54) is 6.08 Å². The third-order valence-corrected chi connectivity index (χ3v) is 5.62. The van der Waals surface area contributed by atoms with Crippen molar-refractivity contribution in [1.82, 2.24) is 4.57 Å². The van der Waals surface area contributed by atoms with E-state index in [1.54, 1.807) is 37.4 Å². The highest BCUT2D eigenvalue weighted by atomic mass is 16.6. The number of ketones is 1. The van der Waals surface area contributed by atoms with Crippen LogP contribution in [0.3, 0.4) is 0 Å². The zero-order valence-electron chi connectivity index (χ0n) is 19.7. The van der Waals surface area contributed by atoms with E-state index in [2.05, 4.69) is 0 Å². The fraction of sp³-hybridized carbons (Fsp3) is 0.222. The summed E-state index contributed by atoms with van der Waals surface area (Å²) in [5.74, 6) is 0.759. The lowest BCUT2D eigenvalue weighted by atomic mass is 10.1. The van der Waals surface area contributed by atoms with Gasteiger partial charge < -0.3 is 23.5 Å². The maximum absolute atomic E-state index is 12.9. The number of benzene rings is 2. The Hall–Kier alpha value is -4.51. The second-order valence-electron chi connectivity index (χ2n) is 7.89. The Kier molecular flexibility index (Phi) is 6.88. The number of esters is 1. The van der Waals surface area contributed by atoms with Gasteiger partial charge in [-0.15, -0.1) is 0 Å². The normalized spacial score (nSPS) is 12.6. The molecule has 4 rings (SSSR count). The SMILES string of the molecule is COc1ccc(/C=C(\C#N)C(=O)OCC(=O)c2cc(C)n(-c3ccc4c(c3)OCCO4)c2C)cc1. The highest BCUT2D eigenvalue weighted by Crippen LogP contribution is 2.33. The van der Waals surface area contributed by atoms with E-state index >= 15 is 0 Å². The molecule has 0 amide bonds. The summed E-state index contributed by atoms with van der Waals surface area (Å²) in [6.07, 6.45) is 1.40. The number of hydrogen-bond donors (Lipinski definition) is 0. The van der Waals surface area contributed by atoms with Crippen molar-refractivity contribution in [2.24, 2.45) is 0 Å². The number of ether oxygens (including phenoxy) is 4. The second-order valence-corrected chi connectivity index (χ2v) is 7.89. The first kappa shape index (κ1) is 23.6. The predicted molar refractivity (Wildman–Crippen MR) is 128 cm³/mol. The van der Waals surface area contributed by atoms with Gasteiger partial charge in [-0.1, -0.05) is 12.1 Å². The monoisotopic (exact) mass is 472 g/mol. The molecule has 1 aromatic heterocycles. The number of rotatable bonds is 7. The molecular formula is C27H24N2O6. The van der Waals surface area contributed by atoms with E-state index in [0.717, 1.165) is 11.4 Å². The molecule has 0 aliphatic carbocycles. The summed E-state index contributed by atoms with van der Waals surface area (Å²) in [6.45, 7) is 4.22. The molecule has 8 heteroatoms. The molecule has 2 aromatic carbocycles. The predicted octanol–water partition coefficient (Wildman–Crippen LogP) is 4.21. The van der Waals surface area contributed by atoms with Crippen LogP contribution in [0.5, 0.6) is 17.2 Å². The summed E-state index contributed by atoms with van der Waals surface area (Å²) in [7, 11) is 1.55. The summed E-state index contributed by atoms with van der Waals surface area (Å²) in [5, 5.41) is 9.38. The summed E-state index contributed by atoms with van der Waals surface area (Å²) >= 11 is 0. The summed E-state index contributed by atoms with van der Waals surface area (Å²) in [4.78, 5) is 25.3. The van der Waals surface area contributed by atoms with Gasteiger partial charge >= 0.3 is 5.97 Å². The van der Waals surface area contributed by atoms with E-state index in [-0.39, 0.29) is 11.4 Å². The molecule has 178 valence electrons. The van der Waals surface area contributed by atoms with E-state index in [1.807, 2.05) is 42.7 Å². The number of aryl methyl sites for hydroxylation is 1. The van der Waals surface area contributed by atoms with Gasteiger partial charge in [-0.05, 0) is 55.8 Å². The number of nitrogens with zero attached hydrogens (tertiary/aromatic N) is 2. The lowest BCUT2D eigenvalue weighted by molar-refractivity contribution is -0.137. The van der Waals surface area contributed by atoms with Crippen LogP contribution in [0.2, 0.25) is 0 Å². The van der Waals surface area contributed by atoms with Crippen LogP contribution in [0.25, 0.3) is 11.8 Å². The fourth-order valence-corrected chi connectivity index (χ4v) is 3.90. The Morgan fingerprint density at radius 1 is 1.06 bits per heavy atom. The number of Topliss-reactive ketones (excluding diaryl/α,β-unsaturated/α-hetero) is 1. The maximum atomic E-state index is 12.9. The Morgan fingerprint density at radius 3 is 2.46 bits per heavy atom. The Balaban J connectivity index is 1.48. The second kappa shape index (κ2) is 10.2. The van der Waals surface area contributed by atoms with Crippen LogP contribution in [0.1, 0.15) is 27.3 Å². The first-order chi connectivity index (χ1) is 16.9. The van der Waals surface area contributed by atoms with Gasteiger partial charge in [0.05, 0.1) is 7.11 Å². The molecule has 0 spiro atoms. The van der Waals surface area contributed by atoms with Crippen molar-refractivity contribution in [2.75, 3.05) is 26.9 Å². The van der Waals surface area contributed by atoms with E-state index < -0.39 is 12.6 Å². The molecule has 0 fully saturated rings. The largest absolute Gasteiger partial charge is 0.497 e. The third kappa shape index (κ3) is 5.04. The minimum absolute atomic E-state index is 0.204. The van der Waals surface area contributed by atoms with Crippen molar-refractivity contribution in [3.8, 4) is 29.0 Å². The van der Waals surface area contributed by atoms with E-state index in [0.29, 0.717) is 47.3 Å². The van der Waals surface area contributed by atoms with E-state index in [4.69, 9.17) is 18.9 Å². The standard InChI is InChI=1S/C27H24N2O6/c1-17-12-23(18(2)29(17)21-6-9-25-26(14-21)34-11-10-33-25)24(30)16-35-27(31)20(15-28)13-19-4-7-22(32-3)8-5-19/h4-9,12-14H,10-11,16H2,1-3H3/b20-13+. The van der Waals surface area contributed by atoms with Gasteiger partial charge in [0, 0.05) is 28.7 Å². The molecule has 0 saturated carbocycles. The molecule has 0 bridgehead atoms. The summed E-state index contributed by atoms with van der Waals surface area (Å²) < 4.78 is 23.4. The van der Waals surface area contributed by atoms with E-state index in [9.17, 15) is 14.9 Å². The van der Waals surface area contributed by atoms with Gasteiger partial charge in [0.1, 0.15) is 30.6 Å². The minimum atomic E-state index is -0.864. The van der Waals surface area contributed by atoms with Crippen LogP contribution in [-0.4, -0.2) is 43.3 Å². The maximum Gasteiger partial charge on any atom is 0.349 e. The molecule has 1 aliphatic heterocycles. The number of methoxy groups -OCH3 is 1. The molecule has 0 radical (unpaired) electrons. The molecule has 0 atom stereocenters. The van der Waals surface area contributed by atoms with Crippen molar-refractivity contribution < 1.29 is 28.5 Å². The average molecular weight is 472 g/mol. The van der Waals surface area contributed by atoms with Crippen LogP contribution in [-0.2, 0) is 9.53 Å². The van der Waals surface area contributed by atoms with Gasteiger partial charge in [0.15, 0.2) is 18.1 Å². The van der Waals surface area contributed by atoms with Crippen molar-refractivity contribution in [3.63, 3.8) is 0 Å². The van der Waals surface area contributed by atoms with Crippen molar-refractivity contribution >= 4 is 17.8 Å². The van der Waals surface area contributed by atoms with Gasteiger partial charge in [0.2, 0.25) is 5.78 Å². The first-order valence-corrected chi connectivity index (χ1v) is 11.0. The Morgan fingerprint density at radius 2 is 1.77 bits per heavy atom. The van der Waals surface area contributed by atoms with Crippen LogP contribution >= 0.6 is 0 Å². The molecule has 2 heterocycles. The average Bonchev–Trinajstić information content (AvgIpc) is 3.19. The topological polar surface area (TPSA) is 99.8 Å². The minimum Gasteiger partial charge on any atom is -0.497 e. The number of aromatic nitrogens is 1. The number of hydrogen-bond acceptors (Lipinski definition) is 7. The number of carbonyl (C=O) groups excluding carboxylic acids is 2. The number of nitriles is 1. The van der Waals surface area contributed by atoms with Gasteiger partial charge in [-0.25, -0.2) is 4.79 Å². The van der Waals surface area contributed by atoms with Gasteiger partial charge in [-0.3, -0.25) is 4.79 Å². The quantitative estimate of drug-likeness (QED) is 0.220. The molecule has 0 unspecified atom stereocenters. The highest BCUT2D eigenvalue weighted by molar-refractivity contribution is 6.02. The van der Waals surface area contributed by atoms with Crippen molar-refractivity contribution in [3.05, 3.63) is 76.6 Å². The number of carbonyl (C=O) groups is 2. The molecule has 0 saturated heterocycles. The Labute approximate surface area is 202 Å². The highest BCUT2D eigenvalue weighted by Gasteiger charge is 2.21. The van der Waals surface area contributed by atoms with Crippen LogP contribution < -0.4 is 14.2 Å². The molecule has 35 heavy (non-hydrogen) atoms.